The zero-order valence-electron chi connectivity index (χ0n) is 22.6. The maximum absolute atomic E-state index is 13.9. The highest BCUT2D eigenvalue weighted by Crippen LogP contribution is 2.58. The van der Waals surface area contributed by atoms with E-state index in [1.807, 2.05) is 11.0 Å². The van der Waals surface area contributed by atoms with Crippen LogP contribution in [0.4, 0.5) is 0 Å². The van der Waals surface area contributed by atoms with Crippen molar-refractivity contribution in [3.63, 3.8) is 0 Å². The average molecular weight is 515 g/mol. The molecule has 0 radical (unpaired) electrons. The third-order valence-corrected chi connectivity index (χ3v) is 14.8. The van der Waals surface area contributed by atoms with Crippen molar-refractivity contribution in [2.45, 2.75) is 76.1 Å². The van der Waals surface area contributed by atoms with E-state index in [1.54, 1.807) is 0 Å². The highest BCUT2D eigenvalue weighted by molar-refractivity contribution is 6.99. The first kappa shape index (κ1) is 24.6. The zero-order chi connectivity index (χ0) is 26.3. The largest absolute Gasteiger partial charge is 0.401 e. The minimum absolute atomic E-state index is 0.0210. The normalized spacial score (nSPS) is 32.2. The van der Waals surface area contributed by atoms with Gasteiger partial charge in [-0.2, -0.15) is 0 Å². The first-order valence-electron chi connectivity index (χ1n) is 13.6. The van der Waals surface area contributed by atoms with Crippen LogP contribution in [0, 0.1) is 11.3 Å². The summed E-state index contributed by atoms with van der Waals surface area (Å²) in [5.41, 5.74) is -2.04. The molecule has 0 saturated carbocycles. The van der Waals surface area contributed by atoms with E-state index in [2.05, 4.69) is 107 Å². The third-order valence-electron chi connectivity index (χ3n) is 9.81. The molecule has 1 aliphatic carbocycles. The van der Waals surface area contributed by atoms with E-state index >= 15 is 0 Å². The summed E-state index contributed by atoms with van der Waals surface area (Å²) in [6, 6.07) is 21.4. The summed E-state index contributed by atoms with van der Waals surface area (Å²) in [6.45, 7) is 12.0. The zero-order valence-corrected chi connectivity index (χ0v) is 23.6. The second-order valence-corrected chi connectivity index (χ2v) is 17.3. The van der Waals surface area contributed by atoms with Crippen LogP contribution in [0.2, 0.25) is 5.04 Å². The van der Waals surface area contributed by atoms with Crippen molar-refractivity contribution in [2.75, 3.05) is 6.54 Å². The fourth-order valence-corrected chi connectivity index (χ4v) is 12.6. The van der Waals surface area contributed by atoms with Gasteiger partial charge in [-0.05, 0) is 40.1 Å². The molecule has 2 aromatic rings. The molecule has 6 heteroatoms. The van der Waals surface area contributed by atoms with Crippen LogP contribution in [0.15, 0.2) is 72.8 Å². The number of piperidine rings is 2. The Morgan fingerprint density at radius 2 is 1.57 bits per heavy atom. The molecule has 4 atom stereocenters. The lowest BCUT2D eigenvalue weighted by atomic mass is 9.53. The lowest BCUT2D eigenvalue weighted by Crippen LogP contribution is -2.83. The van der Waals surface area contributed by atoms with E-state index in [9.17, 15) is 9.59 Å². The molecule has 4 heterocycles. The van der Waals surface area contributed by atoms with Gasteiger partial charge in [0.25, 0.3) is 14.2 Å². The van der Waals surface area contributed by atoms with E-state index in [0.717, 1.165) is 12.8 Å². The number of carbonyl (C=O) groups is 2. The summed E-state index contributed by atoms with van der Waals surface area (Å²) in [5.74, 6) is 0.0505. The smallest absolute Gasteiger partial charge is 0.261 e. The summed E-state index contributed by atoms with van der Waals surface area (Å²) in [5, 5.41) is 5.55. The average Bonchev–Trinajstić information content (AvgIpc) is 3.31. The number of fused-ring (bicyclic) bond motifs is 1. The van der Waals surface area contributed by atoms with Gasteiger partial charge in [-0.15, -0.1) is 0 Å². The minimum atomic E-state index is -2.80. The van der Waals surface area contributed by atoms with Crippen LogP contribution in [-0.2, 0) is 14.0 Å². The standard InChI is InChI=1S/C31H38N2O3Si/c1-28(2,3)37(22-13-8-6-9-14-22,23-15-10-7-11-16-23)36-25-17-19-31-24(29(25,4)5)21-30(26(34)32-31)18-12-20-33(30)27(31)35/h6-11,13-17,19,24-25H,12,18,20-21H2,1-5H3,(H,32,34)/t24?,25-,30+,31+/m0/s1. The number of rotatable bonds is 4. The SMILES string of the molecule is CC1(C)C2C[C@@]34CCCN3C(=O)[C@]2(C=C[C@@H]1O[Si](c1ccccc1)(c1ccccc1)C(C)(C)C)NC4=O. The predicted molar refractivity (Wildman–Crippen MR) is 148 cm³/mol. The van der Waals surface area contributed by atoms with Gasteiger partial charge in [0.1, 0.15) is 11.1 Å². The number of carbonyl (C=O) groups excluding carboxylic acids is 2. The van der Waals surface area contributed by atoms with E-state index in [0.29, 0.717) is 13.0 Å². The van der Waals surface area contributed by atoms with Gasteiger partial charge >= 0.3 is 0 Å². The van der Waals surface area contributed by atoms with Crippen molar-refractivity contribution >= 4 is 30.5 Å². The predicted octanol–water partition coefficient (Wildman–Crippen LogP) is 3.78. The first-order valence-corrected chi connectivity index (χ1v) is 15.5. The van der Waals surface area contributed by atoms with E-state index < -0.39 is 19.4 Å². The van der Waals surface area contributed by atoms with Crippen molar-refractivity contribution in [1.29, 1.82) is 0 Å². The minimum Gasteiger partial charge on any atom is -0.401 e. The second kappa shape index (κ2) is 7.90. The molecule has 37 heavy (non-hydrogen) atoms. The third kappa shape index (κ3) is 3.12. The van der Waals surface area contributed by atoms with Gasteiger partial charge < -0.3 is 14.6 Å². The van der Waals surface area contributed by atoms with Crippen LogP contribution in [0.25, 0.3) is 0 Å². The van der Waals surface area contributed by atoms with Crippen molar-refractivity contribution in [3.05, 3.63) is 72.8 Å². The lowest BCUT2D eigenvalue weighted by molar-refractivity contribution is -0.180. The van der Waals surface area contributed by atoms with Crippen molar-refractivity contribution < 1.29 is 14.0 Å². The first-order chi connectivity index (χ1) is 17.5. The molecule has 1 N–H and O–H groups in total. The number of hydrogen-bond donors (Lipinski definition) is 1. The Hall–Kier alpha value is -2.70. The molecule has 2 amide bonds. The van der Waals surface area contributed by atoms with Crippen LogP contribution in [0.5, 0.6) is 0 Å². The van der Waals surface area contributed by atoms with Gasteiger partial charge in [-0.25, -0.2) is 0 Å². The Morgan fingerprint density at radius 3 is 2.14 bits per heavy atom. The molecule has 1 unspecified atom stereocenters. The van der Waals surface area contributed by atoms with Gasteiger partial charge in [0.15, 0.2) is 0 Å². The molecule has 5 nitrogen and oxygen atoms in total. The summed E-state index contributed by atoms with van der Waals surface area (Å²) in [6.07, 6.45) is 6.19. The summed E-state index contributed by atoms with van der Waals surface area (Å²) in [4.78, 5) is 29.1. The Balaban J connectivity index is 1.50. The van der Waals surface area contributed by atoms with Crippen LogP contribution < -0.4 is 15.7 Å². The molecule has 0 aromatic heterocycles. The monoisotopic (exact) mass is 514 g/mol. The molecule has 7 rings (SSSR count). The number of benzene rings is 2. The van der Waals surface area contributed by atoms with Crippen molar-refractivity contribution in [3.8, 4) is 0 Å². The van der Waals surface area contributed by atoms with Gasteiger partial charge in [-0.3, -0.25) is 9.59 Å². The van der Waals surface area contributed by atoms with Crippen LogP contribution in [0.3, 0.4) is 0 Å². The highest BCUT2D eigenvalue weighted by atomic mass is 28.4. The quantitative estimate of drug-likeness (QED) is 0.499. The second-order valence-electron chi connectivity index (χ2n) is 13.1. The van der Waals surface area contributed by atoms with Crippen LogP contribution in [-0.4, -0.2) is 48.8 Å². The maximum atomic E-state index is 13.9. The molecular formula is C31H38N2O3Si. The molecule has 2 spiro atoms. The van der Waals surface area contributed by atoms with Gasteiger partial charge in [0, 0.05) is 12.5 Å². The number of nitrogens with one attached hydrogen (secondary N) is 1. The fraction of sp³-hybridized carbons (Fsp3) is 0.484. The Morgan fingerprint density at radius 1 is 0.973 bits per heavy atom. The number of piperazine rings is 1. The maximum Gasteiger partial charge on any atom is 0.261 e. The van der Waals surface area contributed by atoms with Crippen molar-refractivity contribution in [2.24, 2.45) is 11.3 Å². The summed E-state index contributed by atoms with van der Waals surface area (Å²) >= 11 is 0. The van der Waals surface area contributed by atoms with Gasteiger partial charge in [0.2, 0.25) is 5.91 Å². The molecule has 4 saturated heterocycles. The summed E-state index contributed by atoms with van der Waals surface area (Å²) in [7, 11) is -2.80. The van der Waals surface area contributed by atoms with E-state index in [1.165, 1.54) is 10.4 Å². The van der Waals surface area contributed by atoms with Crippen LogP contribution in [0.1, 0.15) is 53.9 Å². The summed E-state index contributed by atoms with van der Waals surface area (Å²) < 4.78 is 7.57. The molecular weight excluding hydrogens is 476 g/mol. The molecule has 4 fully saturated rings. The lowest BCUT2D eigenvalue weighted by Gasteiger charge is -2.64. The molecule has 2 bridgehead atoms. The Kier molecular flexibility index (Phi) is 5.26. The number of nitrogens with zero attached hydrogens (tertiary/aromatic N) is 1. The van der Waals surface area contributed by atoms with Gasteiger partial charge in [-0.1, -0.05) is 107 Å². The molecule has 4 aliphatic heterocycles. The highest BCUT2D eigenvalue weighted by Gasteiger charge is 2.72. The molecule has 2 aromatic carbocycles. The van der Waals surface area contributed by atoms with E-state index in [4.69, 9.17) is 4.43 Å². The molecule has 194 valence electrons. The van der Waals surface area contributed by atoms with Crippen molar-refractivity contribution in [1.82, 2.24) is 10.2 Å². The number of hydrogen-bond acceptors (Lipinski definition) is 3. The van der Waals surface area contributed by atoms with Crippen LogP contribution >= 0.6 is 0 Å². The Labute approximate surface area is 221 Å². The fourth-order valence-electron chi connectivity index (χ4n) is 7.87. The van der Waals surface area contributed by atoms with E-state index in [-0.39, 0.29) is 34.3 Å². The molecule has 5 aliphatic rings. The topological polar surface area (TPSA) is 58.6 Å². The van der Waals surface area contributed by atoms with Gasteiger partial charge in [0.05, 0.1) is 6.10 Å². The number of amides is 2. The Bertz CT molecular complexity index is 1230.